The van der Waals surface area contributed by atoms with Crippen LogP contribution in [0.25, 0.3) is 16.8 Å². The maximum absolute atomic E-state index is 12.0. The first-order chi connectivity index (χ1) is 16.6. The Morgan fingerprint density at radius 1 is 1.09 bits per heavy atom. The fraction of sp³-hybridized carbons (Fsp3) is 0.500. The van der Waals surface area contributed by atoms with Crippen molar-refractivity contribution in [2.24, 2.45) is 0 Å². The van der Waals surface area contributed by atoms with Crippen molar-refractivity contribution in [3.63, 3.8) is 0 Å². The molecule has 0 unspecified atom stereocenters. The molecule has 0 bridgehead atoms. The van der Waals surface area contributed by atoms with Crippen molar-refractivity contribution in [3.05, 3.63) is 48.4 Å². The van der Waals surface area contributed by atoms with Crippen molar-refractivity contribution in [2.75, 3.05) is 44.8 Å². The van der Waals surface area contributed by atoms with Crippen LogP contribution in [0, 0.1) is 0 Å². The molecule has 2 fully saturated rings. The Bertz CT molecular complexity index is 1130. The molecule has 8 nitrogen and oxygen atoms in total. The lowest BCUT2D eigenvalue weighted by molar-refractivity contribution is -0.0447. The Morgan fingerprint density at radius 3 is 2.56 bits per heavy atom. The molecular formula is C26H33N5O3. The van der Waals surface area contributed by atoms with Gasteiger partial charge in [0.25, 0.3) is 0 Å². The number of pyridine rings is 1. The van der Waals surface area contributed by atoms with Gasteiger partial charge in [-0.15, -0.1) is 0 Å². The van der Waals surface area contributed by atoms with E-state index < -0.39 is 0 Å². The van der Waals surface area contributed by atoms with E-state index in [4.69, 9.17) is 14.5 Å². The number of piperazine rings is 1. The van der Waals surface area contributed by atoms with Crippen molar-refractivity contribution in [1.82, 2.24) is 19.5 Å². The third kappa shape index (κ3) is 4.22. The topological polar surface area (TPSA) is 72.2 Å². The lowest BCUT2D eigenvalue weighted by Crippen LogP contribution is -2.49. The number of carbonyl (C=O) groups excluding carboxylic acids is 1. The number of ether oxygens (including phenoxy) is 2. The van der Waals surface area contributed by atoms with Gasteiger partial charge in [0.1, 0.15) is 0 Å². The van der Waals surface area contributed by atoms with Crippen LogP contribution in [0.2, 0.25) is 0 Å². The largest absolute Gasteiger partial charge is 0.450 e. The first kappa shape index (κ1) is 22.7. The molecular weight excluding hydrogens is 430 g/mol. The van der Waals surface area contributed by atoms with Crippen LogP contribution in [0.1, 0.15) is 44.6 Å². The fourth-order valence-corrected chi connectivity index (χ4v) is 5.32. The van der Waals surface area contributed by atoms with Crippen molar-refractivity contribution >= 4 is 17.3 Å². The van der Waals surface area contributed by atoms with Crippen molar-refractivity contribution in [3.8, 4) is 11.3 Å². The summed E-state index contributed by atoms with van der Waals surface area (Å²) in [7, 11) is 1.82. The molecule has 1 saturated carbocycles. The minimum atomic E-state index is -0.231. The number of hydrogen-bond acceptors (Lipinski definition) is 6. The summed E-state index contributed by atoms with van der Waals surface area (Å²) >= 11 is 0. The van der Waals surface area contributed by atoms with Gasteiger partial charge < -0.3 is 19.3 Å². The molecule has 5 rings (SSSR count). The van der Waals surface area contributed by atoms with E-state index in [0.717, 1.165) is 48.4 Å². The van der Waals surface area contributed by atoms with Gasteiger partial charge in [-0.2, -0.15) is 5.10 Å². The SMILES string of the molecule is CCOC(=O)N1CCN(c2ccnn3cc(-c4ccc(C5(OC)CCCCC5)cn4)cc23)CC1. The third-order valence-corrected chi connectivity index (χ3v) is 7.27. The summed E-state index contributed by atoms with van der Waals surface area (Å²) in [6.45, 7) is 5.03. The predicted octanol–water partition coefficient (Wildman–Crippen LogP) is 4.48. The number of carbonyl (C=O) groups is 1. The Morgan fingerprint density at radius 2 is 1.88 bits per heavy atom. The highest BCUT2D eigenvalue weighted by Crippen LogP contribution is 2.40. The van der Waals surface area contributed by atoms with Gasteiger partial charge in [0.15, 0.2) is 0 Å². The van der Waals surface area contributed by atoms with Crippen LogP contribution in [0.3, 0.4) is 0 Å². The number of aromatic nitrogens is 3. The third-order valence-electron chi connectivity index (χ3n) is 7.27. The van der Waals surface area contributed by atoms with E-state index >= 15 is 0 Å². The first-order valence-corrected chi connectivity index (χ1v) is 12.3. The molecule has 0 N–H and O–H groups in total. The maximum Gasteiger partial charge on any atom is 0.409 e. The maximum atomic E-state index is 12.0. The molecule has 1 aliphatic carbocycles. The average molecular weight is 464 g/mol. The van der Waals surface area contributed by atoms with Crippen LogP contribution < -0.4 is 4.90 Å². The number of amides is 1. The van der Waals surface area contributed by atoms with Crippen molar-refractivity contribution in [2.45, 2.75) is 44.6 Å². The summed E-state index contributed by atoms with van der Waals surface area (Å²) < 4.78 is 13.0. The van der Waals surface area contributed by atoms with E-state index in [1.165, 1.54) is 24.8 Å². The standard InChI is InChI=1S/C26H33N5O3/c1-3-34-25(32)30-15-13-29(14-16-30)23-9-12-28-31-19-20(17-24(23)31)22-8-7-21(18-27-22)26(33-2)10-5-4-6-11-26/h7-9,12,17-19H,3-6,10-11,13-16H2,1-2H3. The lowest BCUT2D eigenvalue weighted by atomic mass is 9.80. The van der Waals surface area contributed by atoms with Gasteiger partial charge in [0.05, 0.1) is 29.1 Å². The van der Waals surface area contributed by atoms with Crippen LogP contribution in [0.4, 0.5) is 10.5 Å². The Kier molecular flexibility index (Phi) is 6.41. The smallest absolute Gasteiger partial charge is 0.409 e. The van der Waals surface area contributed by atoms with E-state index in [0.29, 0.717) is 19.7 Å². The second-order valence-corrected chi connectivity index (χ2v) is 9.14. The van der Waals surface area contributed by atoms with Gasteiger partial charge in [-0.25, -0.2) is 9.31 Å². The summed E-state index contributed by atoms with van der Waals surface area (Å²) in [5.41, 5.74) is 5.08. The Balaban J connectivity index is 1.36. The van der Waals surface area contributed by atoms with E-state index in [1.54, 1.807) is 4.90 Å². The summed E-state index contributed by atoms with van der Waals surface area (Å²) in [6, 6.07) is 8.45. The summed E-state index contributed by atoms with van der Waals surface area (Å²) in [5, 5.41) is 4.52. The van der Waals surface area contributed by atoms with E-state index in [2.05, 4.69) is 28.2 Å². The zero-order valence-corrected chi connectivity index (χ0v) is 20.1. The number of fused-ring (bicyclic) bond motifs is 1. The van der Waals surface area contributed by atoms with Gasteiger partial charge in [0, 0.05) is 63.0 Å². The van der Waals surface area contributed by atoms with Crippen LogP contribution in [-0.4, -0.2) is 65.5 Å². The van der Waals surface area contributed by atoms with Crippen molar-refractivity contribution in [1.29, 1.82) is 0 Å². The minimum Gasteiger partial charge on any atom is -0.450 e. The first-order valence-electron chi connectivity index (χ1n) is 12.3. The molecule has 0 aromatic carbocycles. The highest BCUT2D eigenvalue weighted by molar-refractivity contribution is 5.79. The number of nitrogens with zero attached hydrogens (tertiary/aromatic N) is 5. The number of hydrogen-bond donors (Lipinski definition) is 0. The normalized spacial score (nSPS) is 18.3. The monoisotopic (exact) mass is 463 g/mol. The molecule has 1 aliphatic heterocycles. The van der Waals surface area contributed by atoms with Gasteiger partial charge in [-0.05, 0) is 38.0 Å². The van der Waals surface area contributed by atoms with Crippen molar-refractivity contribution < 1.29 is 14.3 Å². The van der Waals surface area contributed by atoms with Crippen LogP contribution in [0.15, 0.2) is 42.9 Å². The molecule has 180 valence electrons. The van der Waals surface area contributed by atoms with E-state index in [1.807, 2.05) is 43.2 Å². The quantitative estimate of drug-likeness (QED) is 0.556. The summed E-state index contributed by atoms with van der Waals surface area (Å²) in [5.74, 6) is 0. The molecule has 1 saturated heterocycles. The number of anilines is 1. The molecule has 0 radical (unpaired) electrons. The zero-order valence-electron chi connectivity index (χ0n) is 20.1. The molecule has 3 aromatic heterocycles. The second-order valence-electron chi connectivity index (χ2n) is 9.14. The van der Waals surface area contributed by atoms with Crippen LogP contribution >= 0.6 is 0 Å². The summed E-state index contributed by atoms with van der Waals surface area (Å²) in [6.07, 6.45) is 11.4. The molecule has 8 heteroatoms. The van der Waals surface area contributed by atoms with Gasteiger partial charge in [-0.3, -0.25) is 4.98 Å². The number of methoxy groups -OCH3 is 1. The molecule has 4 heterocycles. The zero-order chi connectivity index (χ0) is 23.5. The fourth-order valence-electron chi connectivity index (χ4n) is 5.32. The van der Waals surface area contributed by atoms with Gasteiger partial charge in [0.2, 0.25) is 0 Å². The molecule has 1 amide bonds. The molecule has 2 aliphatic rings. The lowest BCUT2D eigenvalue weighted by Gasteiger charge is -2.36. The van der Waals surface area contributed by atoms with E-state index in [-0.39, 0.29) is 11.7 Å². The Labute approximate surface area is 200 Å². The van der Waals surface area contributed by atoms with Crippen LogP contribution in [0.5, 0.6) is 0 Å². The molecule has 0 atom stereocenters. The Hall–Kier alpha value is -3.13. The highest BCUT2D eigenvalue weighted by atomic mass is 16.6. The average Bonchev–Trinajstić information content (AvgIpc) is 3.34. The second kappa shape index (κ2) is 9.62. The number of rotatable bonds is 5. The predicted molar refractivity (Wildman–Crippen MR) is 131 cm³/mol. The van der Waals surface area contributed by atoms with Gasteiger partial charge >= 0.3 is 6.09 Å². The highest BCUT2D eigenvalue weighted by Gasteiger charge is 2.34. The molecule has 3 aromatic rings. The van der Waals surface area contributed by atoms with E-state index in [9.17, 15) is 4.79 Å². The minimum absolute atomic E-state index is 0.199. The van der Waals surface area contributed by atoms with Crippen LogP contribution in [-0.2, 0) is 15.1 Å². The van der Waals surface area contributed by atoms with Gasteiger partial charge in [-0.1, -0.05) is 25.3 Å². The summed E-state index contributed by atoms with van der Waals surface area (Å²) in [4.78, 5) is 20.9. The molecule has 0 spiro atoms. The molecule has 34 heavy (non-hydrogen) atoms.